The van der Waals surface area contributed by atoms with Crippen molar-refractivity contribution in [3.05, 3.63) is 24.2 Å². The normalized spacial score (nSPS) is 17.8. The maximum Gasteiger partial charge on any atom is 0.194 e. The Morgan fingerprint density at radius 2 is 2.14 bits per heavy atom. The smallest absolute Gasteiger partial charge is 0.194 e. The minimum atomic E-state index is -0.0628. The summed E-state index contributed by atoms with van der Waals surface area (Å²) in [6.45, 7) is 12.0. The van der Waals surface area contributed by atoms with Gasteiger partial charge in [0.25, 0.3) is 0 Å². The van der Waals surface area contributed by atoms with Crippen LogP contribution in [0.1, 0.15) is 46.1 Å². The molecule has 0 aromatic carbocycles. The summed E-state index contributed by atoms with van der Waals surface area (Å²) >= 11 is 0. The number of nitrogens with zero attached hydrogens (tertiary/aromatic N) is 2. The van der Waals surface area contributed by atoms with E-state index in [-0.39, 0.29) is 5.60 Å². The fourth-order valence-corrected chi connectivity index (χ4v) is 2.66. The Morgan fingerprint density at radius 1 is 1.41 bits per heavy atom. The second-order valence-electron chi connectivity index (χ2n) is 6.72. The molecule has 0 amide bonds. The number of hydrogen-bond acceptors (Lipinski definition) is 3. The molecule has 0 aliphatic carbocycles. The number of furan rings is 1. The van der Waals surface area contributed by atoms with Gasteiger partial charge in [-0.15, -0.1) is 0 Å². The molecule has 2 rings (SSSR count). The van der Waals surface area contributed by atoms with E-state index in [1.54, 1.807) is 12.5 Å². The van der Waals surface area contributed by atoms with Crippen molar-refractivity contribution in [3.63, 3.8) is 0 Å². The van der Waals surface area contributed by atoms with Crippen molar-refractivity contribution in [3.8, 4) is 0 Å². The molecule has 1 aliphatic rings. The molecule has 124 valence electrons. The van der Waals surface area contributed by atoms with Gasteiger partial charge in [-0.3, -0.25) is 0 Å². The van der Waals surface area contributed by atoms with E-state index in [1.165, 1.54) is 0 Å². The van der Waals surface area contributed by atoms with Crippen LogP contribution in [0.15, 0.2) is 28.0 Å². The summed E-state index contributed by atoms with van der Waals surface area (Å²) in [7, 11) is 0. The maximum absolute atomic E-state index is 6.09. The SMILES string of the molecule is CCNC(=NCc1ccoc1)N1CCC(OC(C)(C)C)CC1. The number of nitrogens with one attached hydrogen (secondary N) is 1. The Labute approximate surface area is 133 Å². The molecule has 0 saturated carbocycles. The highest BCUT2D eigenvalue weighted by molar-refractivity contribution is 5.80. The van der Waals surface area contributed by atoms with Crippen LogP contribution >= 0.6 is 0 Å². The molecule has 2 heterocycles. The van der Waals surface area contributed by atoms with Gasteiger partial charge in [0.15, 0.2) is 5.96 Å². The molecule has 0 spiro atoms. The molecule has 22 heavy (non-hydrogen) atoms. The predicted octanol–water partition coefficient (Wildman–Crippen LogP) is 3.02. The molecule has 1 aliphatic heterocycles. The van der Waals surface area contributed by atoms with Crippen molar-refractivity contribution < 1.29 is 9.15 Å². The summed E-state index contributed by atoms with van der Waals surface area (Å²) < 4.78 is 11.2. The summed E-state index contributed by atoms with van der Waals surface area (Å²) in [5.74, 6) is 0.984. The van der Waals surface area contributed by atoms with Crippen LogP contribution in [0.3, 0.4) is 0 Å². The Morgan fingerprint density at radius 3 is 2.68 bits per heavy atom. The van der Waals surface area contributed by atoms with Crippen LogP contribution in [0.5, 0.6) is 0 Å². The van der Waals surface area contributed by atoms with Gasteiger partial charge in [0, 0.05) is 25.2 Å². The van der Waals surface area contributed by atoms with Gasteiger partial charge in [0.1, 0.15) is 0 Å². The molecule has 1 N–H and O–H groups in total. The minimum Gasteiger partial charge on any atom is -0.472 e. The fourth-order valence-electron chi connectivity index (χ4n) is 2.66. The van der Waals surface area contributed by atoms with Gasteiger partial charge in [-0.2, -0.15) is 0 Å². The molecule has 1 fully saturated rings. The van der Waals surface area contributed by atoms with Gasteiger partial charge in [-0.05, 0) is 46.6 Å². The topological polar surface area (TPSA) is 50.0 Å². The van der Waals surface area contributed by atoms with Gasteiger partial charge >= 0.3 is 0 Å². The van der Waals surface area contributed by atoms with Gasteiger partial charge < -0.3 is 19.4 Å². The van der Waals surface area contributed by atoms with Gasteiger partial charge in [-0.25, -0.2) is 4.99 Å². The highest BCUT2D eigenvalue weighted by atomic mass is 16.5. The first-order chi connectivity index (χ1) is 10.5. The summed E-state index contributed by atoms with van der Waals surface area (Å²) in [6.07, 6.45) is 5.89. The standard InChI is InChI=1S/C17H29N3O2/c1-5-18-16(19-12-14-8-11-21-13-14)20-9-6-15(7-10-20)22-17(2,3)4/h8,11,13,15H,5-7,9-10,12H2,1-4H3,(H,18,19). The van der Waals surface area contributed by atoms with Crippen LogP contribution in [0, 0.1) is 0 Å². The van der Waals surface area contributed by atoms with E-state index in [0.29, 0.717) is 12.6 Å². The molecule has 0 bridgehead atoms. The molecule has 5 nitrogen and oxygen atoms in total. The number of likely N-dealkylation sites (tertiary alicyclic amines) is 1. The molecule has 1 saturated heterocycles. The number of guanidine groups is 1. The Hall–Kier alpha value is -1.49. The quantitative estimate of drug-likeness (QED) is 0.686. The van der Waals surface area contributed by atoms with Crippen LogP contribution < -0.4 is 5.32 Å². The van der Waals surface area contributed by atoms with Crippen molar-refractivity contribution in [2.24, 2.45) is 4.99 Å². The van der Waals surface area contributed by atoms with Crippen LogP contribution in [-0.4, -0.2) is 42.2 Å². The van der Waals surface area contributed by atoms with Crippen LogP contribution in [0.2, 0.25) is 0 Å². The van der Waals surface area contributed by atoms with Gasteiger partial charge in [-0.1, -0.05) is 0 Å². The monoisotopic (exact) mass is 307 g/mol. The maximum atomic E-state index is 6.09. The van der Waals surface area contributed by atoms with Crippen molar-refractivity contribution in [2.45, 2.75) is 58.8 Å². The highest BCUT2D eigenvalue weighted by Gasteiger charge is 2.25. The van der Waals surface area contributed by atoms with Gasteiger partial charge in [0.05, 0.1) is 30.8 Å². The number of ether oxygens (including phenoxy) is 1. The molecule has 1 aromatic rings. The highest BCUT2D eigenvalue weighted by Crippen LogP contribution is 2.20. The summed E-state index contributed by atoms with van der Waals surface area (Å²) in [5.41, 5.74) is 1.04. The third kappa shape index (κ3) is 5.37. The van der Waals surface area contributed by atoms with Crippen LogP contribution in [-0.2, 0) is 11.3 Å². The first-order valence-corrected chi connectivity index (χ1v) is 8.20. The average molecular weight is 307 g/mol. The number of aliphatic imine (C=N–C) groups is 1. The first-order valence-electron chi connectivity index (χ1n) is 8.20. The average Bonchev–Trinajstić information content (AvgIpc) is 2.96. The molecule has 5 heteroatoms. The van der Waals surface area contributed by atoms with E-state index in [4.69, 9.17) is 14.1 Å². The van der Waals surface area contributed by atoms with Crippen LogP contribution in [0.25, 0.3) is 0 Å². The van der Waals surface area contributed by atoms with Crippen molar-refractivity contribution in [1.29, 1.82) is 0 Å². The zero-order chi connectivity index (χ0) is 16.0. The largest absolute Gasteiger partial charge is 0.472 e. The summed E-state index contributed by atoms with van der Waals surface area (Å²) in [5, 5.41) is 3.38. The summed E-state index contributed by atoms with van der Waals surface area (Å²) in [6, 6.07) is 1.95. The van der Waals surface area contributed by atoms with Gasteiger partial charge in [0.2, 0.25) is 0 Å². The molecule has 0 unspecified atom stereocenters. The third-order valence-electron chi connectivity index (χ3n) is 3.59. The third-order valence-corrected chi connectivity index (χ3v) is 3.59. The molecule has 0 radical (unpaired) electrons. The van der Waals surface area contributed by atoms with E-state index in [0.717, 1.165) is 44.0 Å². The first kappa shape index (κ1) is 16.9. The van der Waals surface area contributed by atoms with Crippen molar-refractivity contribution in [2.75, 3.05) is 19.6 Å². The zero-order valence-corrected chi connectivity index (χ0v) is 14.3. The van der Waals surface area contributed by atoms with Crippen molar-refractivity contribution in [1.82, 2.24) is 10.2 Å². The second kappa shape index (κ2) is 7.68. The van der Waals surface area contributed by atoms with Crippen molar-refractivity contribution >= 4 is 5.96 Å². The van der Waals surface area contributed by atoms with E-state index in [9.17, 15) is 0 Å². The lowest BCUT2D eigenvalue weighted by molar-refractivity contribution is -0.0772. The van der Waals surface area contributed by atoms with Crippen LogP contribution in [0.4, 0.5) is 0 Å². The van der Waals surface area contributed by atoms with E-state index in [2.05, 4.69) is 37.9 Å². The summed E-state index contributed by atoms with van der Waals surface area (Å²) in [4.78, 5) is 7.04. The van der Waals surface area contributed by atoms with E-state index >= 15 is 0 Å². The van der Waals surface area contributed by atoms with E-state index in [1.807, 2.05) is 6.07 Å². The predicted molar refractivity (Wildman–Crippen MR) is 89.0 cm³/mol. The zero-order valence-electron chi connectivity index (χ0n) is 14.3. The Kier molecular flexibility index (Phi) is 5.89. The Balaban J connectivity index is 1.89. The lowest BCUT2D eigenvalue weighted by Gasteiger charge is -2.37. The fraction of sp³-hybridized carbons (Fsp3) is 0.706. The molecule has 0 atom stereocenters. The second-order valence-corrected chi connectivity index (χ2v) is 6.72. The number of piperidine rings is 1. The number of hydrogen-bond donors (Lipinski definition) is 1. The lowest BCUT2D eigenvalue weighted by Crippen LogP contribution is -2.47. The molecule has 1 aromatic heterocycles. The van der Waals surface area contributed by atoms with E-state index < -0.39 is 0 Å². The number of rotatable bonds is 4. The molecular formula is C17H29N3O2. The molecular weight excluding hydrogens is 278 g/mol. The minimum absolute atomic E-state index is 0.0628. The lowest BCUT2D eigenvalue weighted by atomic mass is 10.1. The Bertz CT molecular complexity index is 455.